The first-order chi connectivity index (χ1) is 11.8. The molecule has 2 aromatic rings. The summed E-state index contributed by atoms with van der Waals surface area (Å²) in [5.41, 5.74) is 0.313. The van der Waals surface area contributed by atoms with Gasteiger partial charge in [0.25, 0.3) is 10.0 Å². The summed E-state index contributed by atoms with van der Waals surface area (Å²) in [6.07, 6.45) is 0. The van der Waals surface area contributed by atoms with E-state index < -0.39 is 21.7 Å². The third kappa shape index (κ3) is 3.77. The monoisotopic (exact) mass is 384 g/mol. The number of rotatable bonds is 3. The van der Waals surface area contributed by atoms with Crippen molar-refractivity contribution < 1.29 is 22.0 Å². The van der Waals surface area contributed by atoms with Crippen molar-refractivity contribution in [1.29, 1.82) is 0 Å². The Morgan fingerprint density at radius 1 is 1.16 bits per heavy atom. The Kier molecular flexibility index (Phi) is 4.70. The van der Waals surface area contributed by atoms with Crippen LogP contribution in [0.4, 0.5) is 20.2 Å². The topological polar surface area (TPSA) is 75.3 Å². The number of fused-ring (bicyclic) bond motifs is 1. The number of thioether (sulfide) groups is 1. The lowest BCUT2D eigenvalue weighted by Gasteiger charge is -2.12. The molecule has 1 atom stereocenters. The van der Waals surface area contributed by atoms with Crippen LogP contribution in [0.25, 0.3) is 0 Å². The highest BCUT2D eigenvalue weighted by molar-refractivity contribution is 7.99. The van der Waals surface area contributed by atoms with E-state index in [1.54, 1.807) is 13.0 Å². The number of sulfonamides is 1. The van der Waals surface area contributed by atoms with E-state index >= 15 is 0 Å². The second-order valence-corrected chi connectivity index (χ2v) is 8.34. The number of hydrogen-bond donors (Lipinski definition) is 2. The Morgan fingerprint density at radius 3 is 2.64 bits per heavy atom. The van der Waals surface area contributed by atoms with Gasteiger partial charge in [-0.05, 0) is 30.3 Å². The molecule has 25 heavy (non-hydrogen) atoms. The van der Waals surface area contributed by atoms with Gasteiger partial charge in [-0.3, -0.25) is 9.52 Å². The summed E-state index contributed by atoms with van der Waals surface area (Å²) in [5, 5.41) is 2.70. The molecule has 0 bridgehead atoms. The Labute approximate surface area is 147 Å². The predicted molar refractivity (Wildman–Crippen MR) is 92.1 cm³/mol. The zero-order valence-electron chi connectivity index (χ0n) is 13.0. The van der Waals surface area contributed by atoms with Gasteiger partial charge in [0, 0.05) is 22.6 Å². The molecule has 0 radical (unpaired) electrons. The largest absolute Gasteiger partial charge is 0.325 e. The number of amides is 1. The molecule has 0 unspecified atom stereocenters. The first-order valence-electron chi connectivity index (χ1n) is 7.32. The first-order valence-corrected chi connectivity index (χ1v) is 9.79. The van der Waals surface area contributed by atoms with Gasteiger partial charge in [-0.15, -0.1) is 11.8 Å². The van der Waals surface area contributed by atoms with E-state index in [1.165, 1.54) is 23.9 Å². The second kappa shape index (κ2) is 6.64. The minimum absolute atomic E-state index is 0.0913. The lowest BCUT2D eigenvalue weighted by molar-refractivity contribution is -0.118. The average Bonchev–Trinajstić information content (AvgIpc) is 2.69. The van der Waals surface area contributed by atoms with Crippen LogP contribution in [-0.2, 0) is 14.8 Å². The van der Waals surface area contributed by atoms with Gasteiger partial charge in [0.2, 0.25) is 5.91 Å². The molecule has 0 spiro atoms. The summed E-state index contributed by atoms with van der Waals surface area (Å²) in [6.45, 7) is 1.79. The Hall–Kier alpha value is -2.13. The van der Waals surface area contributed by atoms with Gasteiger partial charge in [0.15, 0.2) is 11.6 Å². The molecule has 0 aliphatic carbocycles. The van der Waals surface area contributed by atoms with Crippen molar-refractivity contribution in [2.75, 3.05) is 15.8 Å². The summed E-state index contributed by atoms with van der Waals surface area (Å²) in [4.78, 5) is 12.6. The van der Waals surface area contributed by atoms with Gasteiger partial charge in [-0.1, -0.05) is 6.92 Å². The maximum atomic E-state index is 13.2. The molecule has 0 saturated carbocycles. The molecule has 9 heteroatoms. The van der Waals surface area contributed by atoms with Gasteiger partial charge in [0.1, 0.15) is 0 Å². The summed E-state index contributed by atoms with van der Waals surface area (Å²) < 4.78 is 53.3. The van der Waals surface area contributed by atoms with Crippen molar-refractivity contribution in [3.05, 3.63) is 48.0 Å². The van der Waals surface area contributed by atoms with Gasteiger partial charge in [-0.2, -0.15) is 0 Å². The number of hydrogen-bond acceptors (Lipinski definition) is 4. The van der Waals surface area contributed by atoms with E-state index in [4.69, 9.17) is 0 Å². The number of benzene rings is 2. The molecule has 1 heterocycles. The van der Waals surface area contributed by atoms with Crippen LogP contribution in [0.1, 0.15) is 6.92 Å². The fourth-order valence-electron chi connectivity index (χ4n) is 2.22. The third-order valence-electron chi connectivity index (χ3n) is 3.63. The summed E-state index contributed by atoms with van der Waals surface area (Å²) in [6, 6.07) is 7.08. The molecule has 1 aliphatic heterocycles. The van der Waals surface area contributed by atoms with Crippen molar-refractivity contribution in [2.45, 2.75) is 16.7 Å². The molecular weight excluding hydrogens is 370 g/mol. The van der Waals surface area contributed by atoms with Crippen LogP contribution < -0.4 is 10.0 Å². The lowest BCUT2D eigenvalue weighted by atomic mass is 10.2. The fraction of sp³-hybridized carbons (Fsp3) is 0.188. The van der Waals surface area contributed by atoms with Crippen LogP contribution in [0, 0.1) is 17.6 Å². The Morgan fingerprint density at radius 2 is 1.92 bits per heavy atom. The van der Waals surface area contributed by atoms with E-state index in [-0.39, 0.29) is 22.4 Å². The van der Waals surface area contributed by atoms with Gasteiger partial charge in [0.05, 0.1) is 16.3 Å². The molecule has 3 rings (SSSR count). The normalized spacial score (nSPS) is 17.4. The van der Waals surface area contributed by atoms with E-state index in [2.05, 4.69) is 10.0 Å². The third-order valence-corrected chi connectivity index (χ3v) is 6.34. The van der Waals surface area contributed by atoms with E-state index in [0.717, 1.165) is 23.1 Å². The van der Waals surface area contributed by atoms with Crippen molar-refractivity contribution in [2.24, 2.45) is 5.92 Å². The Balaban J connectivity index is 1.91. The molecule has 0 saturated heterocycles. The number of halogens is 2. The van der Waals surface area contributed by atoms with Crippen LogP contribution in [0.2, 0.25) is 0 Å². The van der Waals surface area contributed by atoms with Crippen molar-refractivity contribution >= 4 is 39.1 Å². The molecule has 1 aliphatic rings. The molecule has 132 valence electrons. The molecule has 5 nitrogen and oxygen atoms in total. The van der Waals surface area contributed by atoms with Crippen LogP contribution in [0.15, 0.2) is 46.2 Å². The maximum Gasteiger partial charge on any atom is 0.261 e. The van der Waals surface area contributed by atoms with Crippen LogP contribution in [0.3, 0.4) is 0 Å². The first kappa shape index (κ1) is 17.7. The SMILES string of the molecule is C[C@@H]1CSc2ccc(S(=O)(=O)Nc3ccc(F)c(F)c3)cc2NC1=O. The Bertz CT molecular complexity index is 948. The number of carbonyl (C=O) groups excluding carboxylic acids is 1. The number of carbonyl (C=O) groups is 1. The van der Waals surface area contributed by atoms with Crippen LogP contribution in [0.5, 0.6) is 0 Å². The van der Waals surface area contributed by atoms with Gasteiger partial charge < -0.3 is 5.32 Å². The predicted octanol–water partition coefficient (Wildman–Crippen LogP) is 3.45. The second-order valence-electron chi connectivity index (χ2n) is 5.59. The van der Waals surface area contributed by atoms with Crippen molar-refractivity contribution in [3.63, 3.8) is 0 Å². The van der Waals surface area contributed by atoms with Gasteiger partial charge >= 0.3 is 0 Å². The van der Waals surface area contributed by atoms with Crippen molar-refractivity contribution in [1.82, 2.24) is 0 Å². The summed E-state index contributed by atoms with van der Waals surface area (Å²) in [5.74, 6) is -2.01. The van der Waals surface area contributed by atoms with E-state index in [0.29, 0.717) is 11.4 Å². The molecule has 1 amide bonds. The fourth-order valence-corrected chi connectivity index (χ4v) is 4.31. The zero-order chi connectivity index (χ0) is 18.2. The molecule has 0 fully saturated rings. The van der Waals surface area contributed by atoms with Crippen LogP contribution >= 0.6 is 11.8 Å². The average molecular weight is 384 g/mol. The van der Waals surface area contributed by atoms with Gasteiger partial charge in [-0.25, -0.2) is 17.2 Å². The minimum Gasteiger partial charge on any atom is -0.325 e. The quantitative estimate of drug-likeness (QED) is 0.850. The number of nitrogens with one attached hydrogen (secondary N) is 2. The standard InChI is InChI=1S/C16H14F2N2O3S2/c1-9-8-24-15-5-3-11(7-14(15)19-16(9)21)25(22,23)20-10-2-4-12(17)13(18)6-10/h2-7,9,20H,8H2,1H3,(H,19,21)/t9-/m1/s1. The smallest absolute Gasteiger partial charge is 0.261 e. The van der Waals surface area contributed by atoms with Crippen LogP contribution in [-0.4, -0.2) is 20.1 Å². The molecule has 2 aromatic carbocycles. The highest BCUT2D eigenvalue weighted by Crippen LogP contribution is 2.34. The highest BCUT2D eigenvalue weighted by Gasteiger charge is 2.23. The molecule has 0 aromatic heterocycles. The van der Waals surface area contributed by atoms with Crippen molar-refractivity contribution in [3.8, 4) is 0 Å². The minimum atomic E-state index is -4.02. The summed E-state index contributed by atoms with van der Waals surface area (Å²) >= 11 is 1.46. The molecule has 2 N–H and O–H groups in total. The molecular formula is C16H14F2N2O3S2. The summed E-state index contributed by atoms with van der Waals surface area (Å²) in [7, 11) is -4.02. The highest BCUT2D eigenvalue weighted by atomic mass is 32.2. The zero-order valence-corrected chi connectivity index (χ0v) is 14.7. The maximum absolute atomic E-state index is 13.2. The van der Waals surface area contributed by atoms with E-state index in [1.807, 2.05) is 0 Å². The lowest BCUT2D eigenvalue weighted by Crippen LogP contribution is -2.20. The van der Waals surface area contributed by atoms with E-state index in [9.17, 15) is 22.0 Å². The number of anilines is 2.